The highest BCUT2D eigenvalue weighted by Crippen LogP contribution is 2.63. The molecule has 8 aromatic carbocycles. The van der Waals surface area contributed by atoms with E-state index in [0.717, 1.165) is 33.8 Å². The van der Waals surface area contributed by atoms with Gasteiger partial charge in [0, 0.05) is 16.7 Å². The van der Waals surface area contributed by atoms with Crippen LogP contribution in [0.3, 0.4) is 0 Å². The second-order valence-electron chi connectivity index (χ2n) is 14.3. The van der Waals surface area contributed by atoms with E-state index in [1.807, 2.05) is 30.3 Å². The van der Waals surface area contributed by atoms with Crippen LogP contribution in [-0.2, 0) is 15.3 Å². The van der Waals surface area contributed by atoms with Crippen LogP contribution >= 0.6 is 0 Å². The largest absolute Gasteiger partial charge is 0.309 e. The fourth-order valence-electron chi connectivity index (χ4n) is 9.53. The molecule has 55 heavy (non-hydrogen) atoms. The minimum atomic E-state index is -3.92. The number of ketones is 1. The van der Waals surface area contributed by atoms with E-state index in [9.17, 15) is 13.2 Å². The first-order valence-corrected chi connectivity index (χ1v) is 19.9. The third-order valence-electron chi connectivity index (χ3n) is 11.7. The van der Waals surface area contributed by atoms with E-state index in [4.69, 9.17) is 0 Å². The Kier molecular flexibility index (Phi) is 6.68. The molecule has 11 rings (SSSR count). The number of anilines is 3. The molecule has 0 saturated carbocycles. The van der Waals surface area contributed by atoms with Crippen LogP contribution in [0.1, 0.15) is 38.2 Å². The van der Waals surface area contributed by atoms with Gasteiger partial charge in [-0.25, -0.2) is 8.42 Å². The first-order chi connectivity index (χ1) is 27.0. The first kappa shape index (κ1) is 31.7. The quantitative estimate of drug-likeness (QED) is 0.182. The summed E-state index contributed by atoms with van der Waals surface area (Å²) in [6.07, 6.45) is 0. The van der Waals surface area contributed by atoms with Crippen LogP contribution < -0.4 is 4.90 Å². The van der Waals surface area contributed by atoms with Crippen LogP contribution in [0.15, 0.2) is 198 Å². The van der Waals surface area contributed by atoms with Crippen LogP contribution in [0.5, 0.6) is 0 Å². The fraction of sp³-hybridized carbons (Fsp3) is 0.0200. The van der Waals surface area contributed by atoms with E-state index in [0.29, 0.717) is 5.56 Å². The van der Waals surface area contributed by atoms with E-state index >= 15 is 0 Å². The molecule has 5 heteroatoms. The summed E-state index contributed by atoms with van der Waals surface area (Å²) in [7, 11) is -3.92. The molecular formula is C50H31NO3S. The van der Waals surface area contributed by atoms with Gasteiger partial charge in [-0.1, -0.05) is 152 Å². The zero-order chi connectivity index (χ0) is 36.9. The van der Waals surface area contributed by atoms with Crippen molar-refractivity contribution in [2.75, 3.05) is 4.90 Å². The number of benzene rings is 8. The molecule has 0 N–H and O–H groups in total. The molecule has 2 heterocycles. The van der Waals surface area contributed by atoms with Gasteiger partial charge in [-0.15, -0.1) is 0 Å². The molecule has 1 spiro atoms. The summed E-state index contributed by atoms with van der Waals surface area (Å²) >= 11 is 0. The number of fused-ring (bicyclic) bond motifs is 11. The zero-order valence-electron chi connectivity index (χ0n) is 29.5. The molecule has 0 unspecified atom stereocenters. The standard InChI is InChI=1S/C50H31NO3S/c52-49-38-21-6-14-30-46(38)55(53,54)47-31-15-22-37(48(47)49)33-17-2-1-16-32(33)36-20-5-11-27-43(36)51-44-28-12-9-25-41(44)50(42-26-10-13-29-45(42)51)39-23-7-3-18-34(39)35-19-4-8-24-40(35)50/h1-31H. The van der Waals surface area contributed by atoms with Gasteiger partial charge in [-0.3, -0.25) is 4.79 Å². The Balaban J connectivity index is 1.16. The minimum absolute atomic E-state index is 0.0399. The van der Waals surface area contributed by atoms with Crippen molar-refractivity contribution in [1.82, 2.24) is 0 Å². The molecule has 0 fully saturated rings. The van der Waals surface area contributed by atoms with Gasteiger partial charge < -0.3 is 4.90 Å². The molecule has 260 valence electrons. The molecule has 0 atom stereocenters. The highest BCUT2D eigenvalue weighted by molar-refractivity contribution is 7.91. The third-order valence-corrected chi connectivity index (χ3v) is 13.5. The number of hydrogen-bond acceptors (Lipinski definition) is 4. The van der Waals surface area contributed by atoms with Crippen molar-refractivity contribution in [2.24, 2.45) is 0 Å². The Morgan fingerprint density at radius 1 is 0.345 bits per heavy atom. The first-order valence-electron chi connectivity index (χ1n) is 18.4. The highest BCUT2D eigenvalue weighted by Gasteiger charge is 2.51. The topological polar surface area (TPSA) is 54.5 Å². The number of carbonyl (C=O) groups excluding carboxylic acids is 1. The maximum absolute atomic E-state index is 14.3. The van der Waals surface area contributed by atoms with E-state index < -0.39 is 15.3 Å². The number of sulfone groups is 1. The molecule has 8 aromatic rings. The van der Waals surface area contributed by atoms with Crippen molar-refractivity contribution in [3.63, 3.8) is 0 Å². The maximum atomic E-state index is 14.3. The minimum Gasteiger partial charge on any atom is -0.309 e. The van der Waals surface area contributed by atoms with Gasteiger partial charge >= 0.3 is 0 Å². The van der Waals surface area contributed by atoms with E-state index in [1.165, 1.54) is 39.4 Å². The lowest BCUT2D eigenvalue weighted by Gasteiger charge is -2.45. The second kappa shape index (κ2) is 11.6. The summed E-state index contributed by atoms with van der Waals surface area (Å²) in [6, 6.07) is 63.1. The molecule has 0 saturated heterocycles. The number of nitrogens with zero attached hydrogens (tertiary/aromatic N) is 1. The Hall–Kier alpha value is -6.82. The van der Waals surface area contributed by atoms with Crippen LogP contribution in [0.2, 0.25) is 0 Å². The lowest BCUT2D eigenvalue weighted by atomic mass is 9.64. The highest BCUT2D eigenvalue weighted by atomic mass is 32.2. The van der Waals surface area contributed by atoms with E-state index in [2.05, 4.69) is 126 Å². The summed E-state index contributed by atoms with van der Waals surface area (Å²) in [5.41, 5.74) is 13.6. The second-order valence-corrected chi connectivity index (χ2v) is 16.2. The third kappa shape index (κ3) is 4.16. The van der Waals surface area contributed by atoms with Crippen LogP contribution in [0.4, 0.5) is 17.1 Å². The Morgan fingerprint density at radius 3 is 1.35 bits per heavy atom. The molecule has 0 bridgehead atoms. The average molecular weight is 726 g/mol. The molecular weight excluding hydrogens is 695 g/mol. The fourth-order valence-corrected chi connectivity index (χ4v) is 11.2. The van der Waals surface area contributed by atoms with Gasteiger partial charge in [0.2, 0.25) is 9.84 Å². The summed E-state index contributed by atoms with van der Waals surface area (Å²) < 4.78 is 28.0. The monoisotopic (exact) mass is 725 g/mol. The van der Waals surface area contributed by atoms with Gasteiger partial charge in [0.05, 0.1) is 32.3 Å². The zero-order valence-corrected chi connectivity index (χ0v) is 30.3. The van der Waals surface area contributed by atoms with Crippen LogP contribution in [0.25, 0.3) is 33.4 Å². The predicted molar refractivity (Wildman–Crippen MR) is 218 cm³/mol. The summed E-state index contributed by atoms with van der Waals surface area (Å²) in [5, 5.41) is 0. The van der Waals surface area contributed by atoms with Crippen molar-refractivity contribution in [3.05, 3.63) is 221 Å². The molecule has 0 radical (unpaired) electrons. The number of para-hydroxylation sites is 3. The predicted octanol–water partition coefficient (Wildman–Crippen LogP) is 11.5. The van der Waals surface area contributed by atoms with Crippen molar-refractivity contribution in [2.45, 2.75) is 15.2 Å². The van der Waals surface area contributed by atoms with Gasteiger partial charge in [0.15, 0.2) is 5.78 Å². The molecule has 3 aliphatic rings. The SMILES string of the molecule is O=C1c2ccccc2S(=O)(=O)c2cccc(-c3ccccc3-c3ccccc3N3c4ccccc4C4(c5ccccc5-c5ccccc54)c4ccccc43)c21. The molecule has 4 nitrogen and oxygen atoms in total. The number of carbonyl (C=O) groups is 1. The molecule has 0 aromatic heterocycles. The average Bonchev–Trinajstić information content (AvgIpc) is 3.54. The normalized spacial score (nSPS) is 15.0. The Bertz CT molecular complexity index is 2960. The van der Waals surface area contributed by atoms with Crippen molar-refractivity contribution in [3.8, 4) is 33.4 Å². The lowest BCUT2D eigenvalue weighted by Crippen LogP contribution is -2.36. The molecule has 0 amide bonds. The summed E-state index contributed by atoms with van der Waals surface area (Å²) in [4.78, 5) is 16.7. The van der Waals surface area contributed by atoms with Crippen molar-refractivity contribution in [1.29, 1.82) is 0 Å². The summed E-state index contributed by atoms with van der Waals surface area (Å²) in [5.74, 6) is -0.291. The number of rotatable bonds is 3. The van der Waals surface area contributed by atoms with Gasteiger partial charge in [-0.2, -0.15) is 0 Å². The lowest BCUT2D eigenvalue weighted by molar-refractivity contribution is 0.103. The van der Waals surface area contributed by atoms with Crippen LogP contribution in [-0.4, -0.2) is 14.2 Å². The van der Waals surface area contributed by atoms with Crippen molar-refractivity contribution < 1.29 is 13.2 Å². The van der Waals surface area contributed by atoms with Gasteiger partial charge in [0.1, 0.15) is 0 Å². The summed E-state index contributed by atoms with van der Waals surface area (Å²) in [6.45, 7) is 0. The smallest absolute Gasteiger partial charge is 0.208 e. The van der Waals surface area contributed by atoms with Crippen molar-refractivity contribution >= 4 is 32.7 Å². The maximum Gasteiger partial charge on any atom is 0.208 e. The molecule has 1 aliphatic carbocycles. The van der Waals surface area contributed by atoms with Gasteiger partial charge in [0.25, 0.3) is 0 Å². The van der Waals surface area contributed by atoms with E-state index in [1.54, 1.807) is 30.3 Å². The van der Waals surface area contributed by atoms with Gasteiger partial charge in [-0.05, 0) is 86.5 Å². The number of hydrogen-bond donors (Lipinski definition) is 0. The Labute approximate surface area is 319 Å². The van der Waals surface area contributed by atoms with E-state index in [-0.39, 0.29) is 26.7 Å². The molecule has 2 aliphatic heterocycles. The Morgan fingerprint density at radius 2 is 0.745 bits per heavy atom. The van der Waals surface area contributed by atoms with Crippen LogP contribution in [0, 0.1) is 0 Å².